The van der Waals surface area contributed by atoms with Gasteiger partial charge in [-0.25, -0.2) is 14.4 Å². The van der Waals surface area contributed by atoms with Gasteiger partial charge in [0.2, 0.25) is 0 Å². The van der Waals surface area contributed by atoms with Gasteiger partial charge in [0.15, 0.2) is 0 Å². The van der Waals surface area contributed by atoms with Gasteiger partial charge in [0.05, 0.1) is 6.04 Å². The molecule has 1 unspecified atom stereocenters. The molecule has 1 N–H and O–H groups in total. The first-order chi connectivity index (χ1) is 8.70. The molecule has 5 heteroatoms. The molecule has 0 amide bonds. The SMILES string of the molecule is CCNC(c1cncnc1)c1cc(F)cc(Br)c1. The molecule has 3 nitrogen and oxygen atoms in total. The summed E-state index contributed by atoms with van der Waals surface area (Å²) in [5.41, 5.74) is 1.76. The largest absolute Gasteiger partial charge is 0.306 e. The zero-order valence-electron chi connectivity index (χ0n) is 9.90. The first kappa shape index (κ1) is 13.1. The highest BCUT2D eigenvalue weighted by molar-refractivity contribution is 9.10. The minimum absolute atomic E-state index is 0.108. The summed E-state index contributed by atoms with van der Waals surface area (Å²) in [6.07, 6.45) is 4.95. The average Bonchev–Trinajstić information content (AvgIpc) is 2.36. The standard InChI is InChI=1S/C13H13BrFN3/c1-2-18-13(10-6-16-8-17-7-10)9-3-11(14)5-12(15)4-9/h3-8,13,18H,2H2,1H3. The van der Waals surface area contributed by atoms with Crippen LogP contribution in [0.5, 0.6) is 0 Å². The molecule has 1 atom stereocenters. The lowest BCUT2D eigenvalue weighted by molar-refractivity contribution is 0.600. The Morgan fingerprint density at radius 1 is 1.22 bits per heavy atom. The van der Waals surface area contributed by atoms with E-state index < -0.39 is 0 Å². The van der Waals surface area contributed by atoms with E-state index in [1.807, 2.05) is 13.0 Å². The number of nitrogens with zero attached hydrogens (tertiary/aromatic N) is 2. The third-order valence-corrected chi connectivity index (χ3v) is 3.00. The Morgan fingerprint density at radius 3 is 2.56 bits per heavy atom. The molecule has 1 aromatic heterocycles. The van der Waals surface area contributed by atoms with E-state index in [1.165, 1.54) is 18.5 Å². The Balaban J connectivity index is 2.41. The lowest BCUT2D eigenvalue weighted by Gasteiger charge is -2.18. The van der Waals surface area contributed by atoms with Crippen molar-refractivity contribution in [1.82, 2.24) is 15.3 Å². The molecule has 0 aliphatic rings. The first-order valence-corrected chi connectivity index (χ1v) is 6.44. The van der Waals surface area contributed by atoms with Crippen LogP contribution in [0.4, 0.5) is 4.39 Å². The van der Waals surface area contributed by atoms with Crippen LogP contribution in [0.25, 0.3) is 0 Å². The first-order valence-electron chi connectivity index (χ1n) is 5.65. The number of benzene rings is 1. The van der Waals surface area contributed by atoms with Crippen LogP contribution in [0.3, 0.4) is 0 Å². The van der Waals surface area contributed by atoms with Gasteiger partial charge in [0.25, 0.3) is 0 Å². The topological polar surface area (TPSA) is 37.8 Å². The second-order valence-electron chi connectivity index (χ2n) is 3.87. The molecule has 1 aromatic carbocycles. The van der Waals surface area contributed by atoms with Crippen LogP contribution >= 0.6 is 15.9 Å². The van der Waals surface area contributed by atoms with Crippen LogP contribution in [0.1, 0.15) is 24.1 Å². The number of halogens is 2. The summed E-state index contributed by atoms with van der Waals surface area (Å²) in [4.78, 5) is 8.00. The van der Waals surface area contributed by atoms with E-state index in [4.69, 9.17) is 0 Å². The van der Waals surface area contributed by atoms with Crippen LogP contribution in [-0.2, 0) is 0 Å². The average molecular weight is 310 g/mol. The summed E-state index contributed by atoms with van der Waals surface area (Å²) in [6.45, 7) is 2.78. The Labute approximate surface area is 114 Å². The summed E-state index contributed by atoms with van der Waals surface area (Å²) < 4.78 is 14.2. The van der Waals surface area contributed by atoms with Gasteiger partial charge in [-0.2, -0.15) is 0 Å². The molecule has 1 heterocycles. The zero-order valence-corrected chi connectivity index (χ0v) is 11.5. The van der Waals surface area contributed by atoms with Crippen molar-refractivity contribution in [3.8, 4) is 0 Å². The van der Waals surface area contributed by atoms with E-state index in [9.17, 15) is 4.39 Å². The predicted octanol–water partition coefficient (Wildman–Crippen LogP) is 3.08. The van der Waals surface area contributed by atoms with Crippen molar-refractivity contribution in [2.45, 2.75) is 13.0 Å². The van der Waals surface area contributed by atoms with Gasteiger partial charge in [-0.05, 0) is 30.3 Å². The molecule has 0 aliphatic carbocycles. The quantitative estimate of drug-likeness (QED) is 0.943. The van der Waals surface area contributed by atoms with Crippen LogP contribution in [0.2, 0.25) is 0 Å². The highest BCUT2D eigenvalue weighted by atomic mass is 79.9. The van der Waals surface area contributed by atoms with Crippen LogP contribution in [0.15, 0.2) is 41.4 Å². The molecule has 0 bridgehead atoms. The summed E-state index contributed by atoms with van der Waals surface area (Å²) in [7, 11) is 0. The molecular formula is C13H13BrFN3. The van der Waals surface area contributed by atoms with Gasteiger partial charge in [0, 0.05) is 22.4 Å². The maximum atomic E-state index is 13.5. The van der Waals surface area contributed by atoms with E-state index in [0.29, 0.717) is 0 Å². The Hall–Kier alpha value is -1.33. The zero-order chi connectivity index (χ0) is 13.0. The highest BCUT2D eigenvalue weighted by Crippen LogP contribution is 2.24. The lowest BCUT2D eigenvalue weighted by atomic mass is 10.0. The fourth-order valence-corrected chi connectivity index (χ4v) is 2.32. The van der Waals surface area contributed by atoms with Gasteiger partial charge in [0.1, 0.15) is 12.1 Å². The van der Waals surface area contributed by atoms with E-state index in [2.05, 4.69) is 31.2 Å². The molecule has 0 aliphatic heterocycles. The Bertz CT molecular complexity index is 499. The number of hydrogen-bond acceptors (Lipinski definition) is 3. The summed E-state index contributed by atoms with van der Waals surface area (Å²) in [5, 5.41) is 3.30. The van der Waals surface area contributed by atoms with Crippen molar-refractivity contribution < 1.29 is 4.39 Å². The second-order valence-corrected chi connectivity index (χ2v) is 4.78. The summed E-state index contributed by atoms with van der Waals surface area (Å²) in [5.74, 6) is -0.265. The van der Waals surface area contributed by atoms with Gasteiger partial charge in [-0.3, -0.25) is 0 Å². The van der Waals surface area contributed by atoms with Gasteiger partial charge in [-0.1, -0.05) is 22.9 Å². The van der Waals surface area contributed by atoms with Gasteiger partial charge < -0.3 is 5.32 Å². The van der Waals surface area contributed by atoms with Crippen LogP contribution in [-0.4, -0.2) is 16.5 Å². The molecule has 2 rings (SSSR count). The minimum Gasteiger partial charge on any atom is -0.306 e. The maximum absolute atomic E-state index is 13.5. The predicted molar refractivity (Wildman–Crippen MR) is 71.7 cm³/mol. The molecule has 18 heavy (non-hydrogen) atoms. The van der Waals surface area contributed by atoms with Crippen molar-refractivity contribution in [3.05, 3.63) is 58.3 Å². The van der Waals surface area contributed by atoms with E-state index in [-0.39, 0.29) is 11.9 Å². The fraction of sp³-hybridized carbons (Fsp3) is 0.231. The number of rotatable bonds is 4. The molecule has 0 radical (unpaired) electrons. The van der Waals surface area contributed by atoms with E-state index in [1.54, 1.807) is 12.4 Å². The van der Waals surface area contributed by atoms with Gasteiger partial charge >= 0.3 is 0 Å². The van der Waals surface area contributed by atoms with Crippen molar-refractivity contribution in [1.29, 1.82) is 0 Å². The third-order valence-electron chi connectivity index (χ3n) is 2.54. The number of aromatic nitrogens is 2. The van der Waals surface area contributed by atoms with E-state index in [0.717, 1.165) is 22.1 Å². The van der Waals surface area contributed by atoms with E-state index >= 15 is 0 Å². The van der Waals surface area contributed by atoms with Crippen molar-refractivity contribution in [3.63, 3.8) is 0 Å². The third kappa shape index (κ3) is 3.11. The Morgan fingerprint density at radius 2 is 1.94 bits per heavy atom. The highest BCUT2D eigenvalue weighted by Gasteiger charge is 2.14. The van der Waals surface area contributed by atoms with Crippen molar-refractivity contribution in [2.24, 2.45) is 0 Å². The minimum atomic E-state index is -0.265. The maximum Gasteiger partial charge on any atom is 0.124 e. The van der Waals surface area contributed by atoms with Crippen LogP contribution < -0.4 is 5.32 Å². The smallest absolute Gasteiger partial charge is 0.124 e. The summed E-state index contributed by atoms with van der Waals surface area (Å²) >= 11 is 3.31. The fourth-order valence-electron chi connectivity index (χ4n) is 1.83. The normalized spacial score (nSPS) is 12.4. The molecule has 0 saturated carbocycles. The van der Waals surface area contributed by atoms with Crippen molar-refractivity contribution >= 4 is 15.9 Å². The number of hydrogen-bond donors (Lipinski definition) is 1. The molecule has 0 fully saturated rings. The molecule has 2 aromatic rings. The molecule has 0 spiro atoms. The second kappa shape index (κ2) is 6.02. The molecule has 94 valence electrons. The molecule has 0 saturated heterocycles. The molecular weight excluding hydrogens is 297 g/mol. The number of nitrogens with one attached hydrogen (secondary N) is 1. The van der Waals surface area contributed by atoms with Crippen molar-refractivity contribution in [2.75, 3.05) is 6.54 Å². The summed E-state index contributed by atoms with van der Waals surface area (Å²) in [6, 6.07) is 4.74. The monoisotopic (exact) mass is 309 g/mol. The lowest BCUT2D eigenvalue weighted by Crippen LogP contribution is -2.22. The van der Waals surface area contributed by atoms with Gasteiger partial charge in [-0.15, -0.1) is 0 Å². The Kier molecular flexibility index (Phi) is 4.38. The van der Waals surface area contributed by atoms with Crippen LogP contribution in [0, 0.1) is 5.82 Å².